The highest BCUT2D eigenvalue weighted by Gasteiger charge is 2.18. The number of nitrogens with one attached hydrogen (secondary N) is 1. The zero-order chi connectivity index (χ0) is 19.0. The number of hydrogen-bond donors (Lipinski definition) is 1. The van der Waals surface area contributed by atoms with E-state index in [0.29, 0.717) is 25.5 Å². The van der Waals surface area contributed by atoms with Gasteiger partial charge in [0.1, 0.15) is 19.0 Å². The number of fused-ring (bicyclic) bond motifs is 2. The molecule has 0 unspecified atom stereocenters. The SMILES string of the molecule is Cc1[nH]c2ccc(F)cc2c1CC(=O)N(C)Cc1ccc2c(c1)OCCO2. The van der Waals surface area contributed by atoms with Crippen LogP contribution in [0.4, 0.5) is 4.39 Å². The van der Waals surface area contributed by atoms with Crippen molar-refractivity contribution in [1.29, 1.82) is 0 Å². The second-order valence-corrected chi connectivity index (χ2v) is 6.82. The maximum Gasteiger partial charge on any atom is 0.227 e. The van der Waals surface area contributed by atoms with Gasteiger partial charge in [0, 0.05) is 30.2 Å². The van der Waals surface area contributed by atoms with Gasteiger partial charge in [-0.25, -0.2) is 4.39 Å². The molecule has 0 bridgehead atoms. The Labute approximate surface area is 156 Å². The van der Waals surface area contributed by atoms with Crippen LogP contribution in [-0.4, -0.2) is 36.1 Å². The van der Waals surface area contributed by atoms with Gasteiger partial charge >= 0.3 is 0 Å². The number of ether oxygens (including phenoxy) is 2. The van der Waals surface area contributed by atoms with E-state index >= 15 is 0 Å². The molecule has 2 aromatic carbocycles. The molecule has 5 nitrogen and oxygen atoms in total. The molecule has 27 heavy (non-hydrogen) atoms. The first-order valence-corrected chi connectivity index (χ1v) is 8.90. The third-order valence-corrected chi connectivity index (χ3v) is 4.86. The van der Waals surface area contributed by atoms with Crippen molar-refractivity contribution in [2.45, 2.75) is 19.9 Å². The third-order valence-electron chi connectivity index (χ3n) is 4.86. The van der Waals surface area contributed by atoms with Gasteiger partial charge in [0.05, 0.1) is 6.42 Å². The smallest absolute Gasteiger partial charge is 0.227 e. The molecule has 1 amide bonds. The molecule has 4 rings (SSSR count). The van der Waals surface area contributed by atoms with E-state index in [9.17, 15) is 9.18 Å². The Hall–Kier alpha value is -3.02. The van der Waals surface area contributed by atoms with E-state index in [1.165, 1.54) is 12.1 Å². The molecule has 1 N–H and O–H groups in total. The Morgan fingerprint density at radius 1 is 1.15 bits per heavy atom. The molecule has 1 aliphatic rings. The summed E-state index contributed by atoms with van der Waals surface area (Å²) in [7, 11) is 1.77. The van der Waals surface area contributed by atoms with Crippen molar-refractivity contribution in [3.8, 4) is 11.5 Å². The molecular formula is C21H21FN2O3. The van der Waals surface area contributed by atoms with Crippen LogP contribution in [0.2, 0.25) is 0 Å². The summed E-state index contributed by atoms with van der Waals surface area (Å²) in [5, 5.41) is 0.758. The van der Waals surface area contributed by atoms with Crippen LogP contribution in [0.1, 0.15) is 16.8 Å². The van der Waals surface area contributed by atoms with E-state index in [2.05, 4.69) is 4.98 Å². The van der Waals surface area contributed by atoms with Gasteiger partial charge in [0.2, 0.25) is 5.91 Å². The number of carbonyl (C=O) groups is 1. The summed E-state index contributed by atoms with van der Waals surface area (Å²) in [4.78, 5) is 17.6. The predicted octanol–water partition coefficient (Wildman–Crippen LogP) is 3.59. The fourth-order valence-corrected chi connectivity index (χ4v) is 3.42. The van der Waals surface area contributed by atoms with Crippen molar-refractivity contribution in [3.63, 3.8) is 0 Å². The minimum absolute atomic E-state index is 0.0295. The standard InChI is InChI=1S/C21H21FN2O3/c1-13-16(17-10-15(22)4-5-18(17)23-13)11-21(25)24(2)12-14-3-6-19-20(9-14)27-8-7-26-19/h3-6,9-10,23H,7-8,11-12H2,1-2H3. The lowest BCUT2D eigenvalue weighted by Gasteiger charge is -2.21. The number of H-pyrrole nitrogens is 1. The number of likely N-dealkylation sites (N-methyl/N-ethyl adjacent to an activating group) is 1. The average Bonchev–Trinajstić information content (AvgIpc) is 2.96. The summed E-state index contributed by atoms with van der Waals surface area (Å²) in [5.41, 5.74) is 3.53. The van der Waals surface area contributed by atoms with Crippen LogP contribution in [0.5, 0.6) is 11.5 Å². The number of carbonyl (C=O) groups excluding carboxylic acids is 1. The fourth-order valence-electron chi connectivity index (χ4n) is 3.42. The fraction of sp³-hybridized carbons (Fsp3) is 0.286. The van der Waals surface area contributed by atoms with Crippen LogP contribution >= 0.6 is 0 Å². The van der Waals surface area contributed by atoms with Crippen molar-refractivity contribution in [3.05, 3.63) is 59.0 Å². The summed E-state index contributed by atoms with van der Waals surface area (Å²) in [6, 6.07) is 10.3. The molecule has 0 fully saturated rings. The average molecular weight is 368 g/mol. The van der Waals surface area contributed by atoms with Crippen LogP contribution in [0.25, 0.3) is 10.9 Å². The summed E-state index contributed by atoms with van der Waals surface area (Å²) in [6.07, 6.45) is 0.219. The van der Waals surface area contributed by atoms with E-state index in [1.54, 1.807) is 18.0 Å². The topological polar surface area (TPSA) is 54.6 Å². The highest BCUT2D eigenvalue weighted by molar-refractivity contribution is 5.90. The number of aromatic nitrogens is 1. The Bertz CT molecular complexity index is 1010. The lowest BCUT2D eigenvalue weighted by molar-refractivity contribution is -0.129. The van der Waals surface area contributed by atoms with Crippen molar-refractivity contribution >= 4 is 16.8 Å². The number of amides is 1. The van der Waals surface area contributed by atoms with Gasteiger partial charge < -0.3 is 19.4 Å². The molecule has 140 valence electrons. The minimum Gasteiger partial charge on any atom is -0.486 e. The summed E-state index contributed by atoms with van der Waals surface area (Å²) in [5.74, 6) is 1.11. The van der Waals surface area contributed by atoms with E-state index in [1.807, 2.05) is 25.1 Å². The number of rotatable bonds is 4. The number of aromatic amines is 1. The first-order valence-electron chi connectivity index (χ1n) is 8.90. The second kappa shape index (κ2) is 6.95. The van der Waals surface area contributed by atoms with Gasteiger partial charge in [-0.1, -0.05) is 6.07 Å². The molecule has 0 spiro atoms. The van der Waals surface area contributed by atoms with Gasteiger partial charge in [-0.2, -0.15) is 0 Å². The van der Waals surface area contributed by atoms with Gasteiger partial charge in [0.15, 0.2) is 11.5 Å². The van der Waals surface area contributed by atoms with Crippen LogP contribution < -0.4 is 9.47 Å². The van der Waals surface area contributed by atoms with Crippen molar-refractivity contribution < 1.29 is 18.7 Å². The van der Waals surface area contributed by atoms with Gasteiger partial charge in [-0.15, -0.1) is 0 Å². The molecule has 0 saturated heterocycles. The molecule has 2 heterocycles. The largest absolute Gasteiger partial charge is 0.486 e. The lowest BCUT2D eigenvalue weighted by atomic mass is 10.1. The molecular weight excluding hydrogens is 347 g/mol. The number of hydrogen-bond acceptors (Lipinski definition) is 3. The first-order chi connectivity index (χ1) is 13.0. The van der Waals surface area contributed by atoms with E-state index in [-0.39, 0.29) is 18.1 Å². The van der Waals surface area contributed by atoms with Crippen molar-refractivity contribution in [2.24, 2.45) is 0 Å². The second-order valence-electron chi connectivity index (χ2n) is 6.82. The minimum atomic E-state index is -0.306. The number of halogens is 1. The van der Waals surface area contributed by atoms with Crippen LogP contribution in [0.3, 0.4) is 0 Å². The normalized spacial score (nSPS) is 13.0. The van der Waals surface area contributed by atoms with Crippen LogP contribution in [-0.2, 0) is 17.8 Å². The zero-order valence-electron chi connectivity index (χ0n) is 15.3. The lowest BCUT2D eigenvalue weighted by Crippen LogP contribution is -2.28. The van der Waals surface area contributed by atoms with Crippen molar-refractivity contribution in [2.75, 3.05) is 20.3 Å². The molecule has 3 aromatic rings. The number of nitrogens with zero attached hydrogens (tertiary/aromatic N) is 1. The van der Waals surface area contributed by atoms with Crippen LogP contribution in [0, 0.1) is 12.7 Å². The van der Waals surface area contributed by atoms with E-state index in [4.69, 9.17) is 9.47 Å². The molecule has 0 atom stereocenters. The molecule has 6 heteroatoms. The maximum absolute atomic E-state index is 13.6. The Kier molecular flexibility index (Phi) is 4.48. The number of benzene rings is 2. The van der Waals surface area contributed by atoms with E-state index < -0.39 is 0 Å². The van der Waals surface area contributed by atoms with Crippen LogP contribution in [0.15, 0.2) is 36.4 Å². The molecule has 0 saturated carbocycles. The van der Waals surface area contributed by atoms with Gasteiger partial charge in [0.25, 0.3) is 0 Å². The zero-order valence-corrected chi connectivity index (χ0v) is 15.3. The first kappa shape index (κ1) is 17.4. The Morgan fingerprint density at radius 2 is 1.93 bits per heavy atom. The highest BCUT2D eigenvalue weighted by atomic mass is 19.1. The van der Waals surface area contributed by atoms with E-state index in [0.717, 1.165) is 33.5 Å². The van der Waals surface area contributed by atoms with Gasteiger partial charge in [-0.3, -0.25) is 4.79 Å². The summed E-state index contributed by atoms with van der Waals surface area (Å²) < 4.78 is 24.7. The maximum atomic E-state index is 13.6. The Morgan fingerprint density at radius 3 is 2.74 bits per heavy atom. The van der Waals surface area contributed by atoms with Gasteiger partial charge in [-0.05, 0) is 48.4 Å². The Balaban J connectivity index is 1.50. The monoisotopic (exact) mass is 368 g/mol. The quantitative estimate of drug-likeness (QED) is 0.766. The predicted molar refractivity (Wildman–Crippen MR) is 101 cm³/mol. The molecule has 0 radical (unpaired) electrons. The molecule has 0 aliphatic carbocycles. The molecule has 1 aliphatic heterocycles. The van der Waals surface area contributed by atoms with Crippen molar-refractivity contribution in [1.82, 2.24) is 9.88 Å². The summed E-state index contributed by atoms with van der Waals surface area (Å²) >= 11 is 0. The molecule has 1 aromatic heterocycles. The highest BCUT2D eigenvalue weighted by Crippen LogP contribution is 2.31. The summed E-state index contributed by atoms with van der Waals surface area (Å²) in [6.45, 7) is 3.45. The number of aryl methyl sites for hydroxylation is 1. The third kappa shape index (κ3) is 3.47.